The summed E-state index contributed by atoms with van der Waals surface area (Å²) in [6, 6.07) is 4.02. The van der Waals surface area contributed by atoms with Gasteiger partial charge in [0.25, 0.3) is 0 Å². The number of amides is 2. The van der Waals surface area contributed by atoms with Crippen molar-refractivity contribution in [3.8, 4) is 5.82 Å². The third-order valence-electron chi connectivity index (χ3n) is 4.97. The summed E-state index contributed by atoms with van der Waals surface area (Å²) in [5.41, 5.74) is 0.990. The van der Waals surface area contributed by atoms with Crippen LogP contribution in [-0.4, -0.2) is 50.3 Å². The number of hydrogen-bond acceptors (Lipinski definition) is 4. The Kier molecular flexibility index (Phi) is 5.65. The highest BCUT2D eigenvalue weighted by Crippen LogP contribution is 2.26. The second kappa shape index (κ2) is 8.11. The monoisotopic (exact) mass is 343 g/mol. The minimum atomic E-state index is -0.0616. The van der Waals surface area contributed by atoms with Crippen LogP contribution >= 0.6 is 0 Å². The lowest BCUT2D eigenvalue weighted by Gasteiger charge is -2.34. The minimum absolute atomic E-state index is 0.0616. The summed E-state index contributed by atoms with van der Waals surface area (Å²) in [6.07, 6.45) is 10.8. The molecule has 0 atom stereocenters. The van der Waals surface area contributed by atoms with E-state index in [0.717, 1.165) is 37.1 Å². The van der Waals surface area contributed by atoms with Gasteiger partial charge in [-0.05, 0) is 49.3 Å². The highest BCUT2D eigenvalue weighted by Gasteiger charge is 2.26. The number of pyridine rings is 1. The largest absolute Gasteiger partial charge is 0.396 e. The van der Waals surface area contributed by atoms with Gasteiger partial charge in [0, 0.05) is 44.8 Å². The van der Waals surface area contributed by atoms with E-state index < -0.39 is 0 Å². The summed E-state index contributed by atoms with van der Waals surface area (Å²) in [4.78, 5) is 22.5. The number of nitrogens with one attached hydrogen (secondary N) is 1. The van der Waals surface area contributed by atoms with E-state index >= 15 is 0 Å². The lowest BCUT2D eigenvalue weighted by Crippen LogP contribution is -2.45. The number of urea groups is 1. The molecule has 1 fully saturated rings. The lowest BCUT2D eigenvalue weighted by molar-refractivity contribution is 0.134. The average molecular weight is 343 g/mol. The molecule has 25 heavy (non-hydrogen) atoms. The smallest absolute Gasteiger partial charge is 0.317 e. The van der Waals surface area contributed by atoms with Crippen molar-refractivity contribution in [1.82, 2.24) is 24.8 Å². The highest BCUT2D eigenvalue weighted by molar-refractivity contribution is 5.74. The Morgan fingerprint density at radius 1 is 1.36 bits per heavy atom. The van der Waals surface area contributed by atoms with E-state index in [4.69, 9.17) is 0 Å². The zero-order valence-corrected chi connectivity index (χ0v) is 14.5. The molecule has 2 amide bonds. The number of carbonyl (C=O) groups is 1. The van der Waals surface area contributed by atoms with E-state index in [2.05, 4.69) is 15.3 Å². The molecule has 2 N–H and O–H groups in total. The summed E-state index contributed by atoms with van der Waals surface area (Å²) in [5, 5.41) is 12.2. The molecule has 0 spiro atoms. The molecule has 7 heteroatoms. The maximum absolute atomic E-state index is 12.4. The Morgan fingerprint density at radius 3 is 2.84 bits per heavy atom. The maximum Gasteiger partial charge on any atom is 0.317 e. The van der Waals surface area contributed by atoms with Gasteiger partial charge in [0.15, 0.2) is 0 Å². The minimum Gasteiger partial charge on any atom is -0.396 e. The van der Waals surface area contributed by atoms with Crippen LogP contribution in [0.15, 0.2) is 37.1 Å². The third-order valence-corrected chi connectivity index (χ3v) is 4.97. The van der Waals surface area contributed by atoms with Crippen molar-refractivity contribution in [3.63, 3.8) is 0 Å². The first-order valence-electron chi connectivity index (χ1n) is 8.72. The maximum atomic E-state index is 12.4. The lowest BCUT2D eigenvalue weighted by atomic mass is 9.86. The first kappa shape index (κ1) is 17.4. The van der Waals surface area contributed by atoms with Gasteiger partial charge in [-0.15, -0.1) is 0 Å². The fraction of sp³-hybridized carbons (Fsp3) is 0.500. The molecule has 2 heterocycles. The summed E-state index contributed by atoms with van der Waals surface area (Å²) in [6.45, 7) is 0.712. The van der Waals surface area contributed by atoms with E-state index in [1.165, 1.54) is 0 Å². The van der Waals surface area contributed by atoms with E-state index in [9.17, 15) is 9.90 Å². The van der Waals surface area contributed by atoms with Crippen LogP contribution in [0.1, 0.15) is 31.2 Å². The Hall–Kier alpha value is -2.41. The molecule has 0 saturated heterocycles. The molecule has 0 unspecified atom stereocenters. The number of rotatable bonds is 5. The third kappa shape index (κ3) is 4.36. The fourth-order valence-corrected chi connectivity index (χ4v) is 3.29. The zero-order chi connectivity index (χ0) is 17.6. The molecule has 1 saturated carbocycles. The Labute approximate surface area is 147 Å². The van der Waals surface area contributed by atoms with Gasteiger partial charge in [-0.25, -0.2) is 14.8 Å². The molecule has 3 rings (SSSR count). The van der Waals surface area contributed by atoms with Crippen LogP contribution in [0.4, 0.5) is 4.79 Å². The topological polar surface area (TPSA) is 83.3 Å². The van der Waals surface area contributed by atoms with Crippen molar-refractivity contribution in [2.45, 2.75) is 38.3 Å². The second-order valence-corrected chi connectivity index (χ2v) is 6.62. The van der Waals surface area contributed by atoms with Gasteiger partial charge in [0.2, 0.25) is 0 Å². The first-order valence-corrected chi connectivity index (χ1v) is 8.72. The van der Waals surface area contributed by atoms with Crippen molar-refractivity contribution >= 4 is 6.03 Å². The first-order chi connectivity index (χ1) is 12.2. The van der Waals surface area contributed by atoms with Crippen LogP contribution in [0, 0.1) is 5.92 Å². The fourth-order valence-electron chi connectivity index (χ4n) is 3.29. The number of nitrogens with zero attached hydrogens (tertiary/aromatic N) is 4. The number of aliphatic hydroxyl groups is 1. The van der Waals surface area contributed by atoms with Gasteiger partial charge >= 0.3 is 6.03 Å². The van der Waals surface area contributed by atoms with E-state index in [0.29, 0.717) is 12.5 Å². The van der Waals surface area contributed by atoms with Gasteiger partial charge in [-0.1, -0.05) is 0 Å². The van der Waals surface area contributed by atoms with Crippen molar-refractivity contribution in [2.24, 2.45) is 5.92 Å². The molecule has 0 aromatic carbocycles. The van der Waals surface area contributed by atoms with Crippen LogP contribution in [0.2, 0.25) is 0 Å². The molecule has 7 nitrogen and oxygen atoms in total. The molecule has 0 bridgehead atoms. The molecule has 134 valence electrons. The van der Waals surface area contributed by atoms with Crippen LogP contribution in [-0.2, 0) is 6.54 Å². The normalized spacial score (nSPS) is 20.2. The molecule has 0 radical (unpaired) electrons. The van der Waals surface area contributed by atoms with Crippen molar-refractivity contribution in [1.29, 1.82) is 0 Å². The number of hydrogen-bond donors (Lipinski definition) is 2. The predicted octanol–water partition coefficient (Wildman–Crippen LogP) is 1.96. The predicted molar refractivity (Wildman–Crippen MR) is 94.2 cm³/mol. The van der Waals surface area contributed by atoms with Crippen LogP contribution in [0.5, 0.6) is 0 Å². The molecular formula is C18H25N5O2. The van der Waals surface area contributed by atoms with Crippen LogP contribution in [0.25, 0.3) is 5.82 Å². The number of aromatic nitrogens is 3. The van der Waals surface area contributed by atoms with Gasteiger partial charge in [0.05, 0.1) is 0 Å². The highest BCUT2D eigenvalue weighted by atomic mass is 16.3. The summed E-state index contributed by atoms with van der Waals surface area (Å²) in [5.74, 6) is 1.17. The summed E-state index contributed by atoms with van der Waals surface area (Å²) < 4.78 is 1.83. The molecule has 1 aliphatic rings. The van der Waals surface area contributed by atoms with E-state index in [1.54, 1.807) is 23.6 Å². The second-order valence-electron chi connectivity index (χ2n) is 6.62. The molecular weight excluding hydrogens is 318 g/mol. The van der Waals surface area contributed by atoms with Crippen molar-refractivity contribution in [2.75, 3.05) is 13.7 Å². The van der Waals surface area contributed by atoms with Crippen molar-refractivity contribution in [3.05, 3.63) is 42.6 Å². The van der Waals surface area contributed by atoms with Crippen molar-refractivity contribution < 1.29 is 9.90 Å². The standard InChI is InChI=1S/C18H25N5O2/c1-22(16-4-2-14(12-24)3-5-16)18(25)21-11-15-6-7-20-17(10-15)23-9-8-19-13-23/h6-10,13-14,16,24H,2-5,11-12H2,1H3,(H,21,25). The Morgan fingerprint density at radius 2 is 2.16 bits per heavy atom. The van der Waals surface area contributed by atoms with Crippen LogP contribution < -0.4 is 5.32 Å². The number of carbonyl (C=O) groups excluding carboxylic acids is 1. The SMILES string of the molecule is CN(C(=O)NCc1ccnc(-n2ccnc2)c1)C1CCC(CO)CC1. The molecule has 2 aromatic heterocycles. The zero-order valence-electron chi connectivity index (χ0n) is 14.5. The Balaban J connectivity index is 1.53. The average Bonchev–Trinajstić information content (AvgIpc) is 3.20. The molecule has 1 aliphatic carbocycles. The molecule has 0 aliphatic heterocycles. The summed E-state index contributed by atoms with van der Waals surface area (Å²) in [7, 11) is 1.85. The van der Waals surface area contributed by atoms with Crippen LogP contribution in [0.3, 0.4) is 0 Å². The van der Waals surface area contributed by atoms with Gasteiger partial charge in [-0.3, -0.25) is 4.57 Å². The van der Waals surface area contributed by atoms with Gasteiger partial charge in [-0.2, -0.15) is 0 Å². The van der Waals surface area contributed by atoms with E-state index in [1.807, 2.05) is 29.9 Å². The molecule has 2 aromatic rings. The summed E-state index contributed by atoms with van der Waals surface area (Å²) >= 11 is 0. The Bertz CT molecular complexity index is 681. The van der Waals surface area contributed by atoms with Gasteiger partial charge in [0.1, 0.15) is 12.1 Å². The quantitative estimate of drug-likeness (QED) is 0.869. The van der Waals surface area contributed by atoms with Gasteiger partial charge < -0.3 is 15.3 Å². The number of aliphatic hydroxyl groups excluding tert-OH is 1. The van der Waals surface area contributed by atoms with E-state index in [-0.39, 0.29) is 18.7 Å². The number of imidazole rings is 1.